The number of likely N-dealkylation sites (N-methyl/N-ethyl adjacent to an activating group) is 1. The van der Waals surface area contributed by atoms with Crippen LogP contribution < -0.4 is 5.32 Å². The lowest BCUT2D eigenvalue weighted by atomic mass is 10.1. The summed E-state index contributed by atoms with van der Waals surface area (Å²) in [5.74, 6) is -0.0172. The topological polar surface area (TPSA) is 55.9 Å². The van der Waals surface area contributed by atoms with Gasteiger partial charge in [-0.15, -0.1) is 0 Å². The molecule has 1 atom stereocenters. The Hall–Kier alpha value is -2.70. The Morgan fingerprint density at radius 3 is 2.41 bits per heavy atom. The molecule has 2 aromatic rings. The Labute approximate surface area is 191 Å². The third-order valence-corrected chi connectivity index (χ3v) is 6.53. The van der Waals surface area contributed by atoms with E-state index in [-0.39, 0.29) is 17.9 Å². The highest BCUT2D eigenvalue weighted by atomic mass is 16.2. The first kappa shape index (κ1) is 22.5. The summed E-state index contributed by atoms with van der Waals surface area (Å²) in [6.45, 7) is 6.49. The van der Waals surface area contributed by atoms with Gasteiger partial charge in [-0.25, -0.2) is 0 Å². The number of hydrogen-bond acceptors (Lipinski definition) is 4. The highest BCUT2D eigenvalue weighted by Crippen LogP contribution is 2.19. The van der Waals surface area contributed by atoms with Crippen LogP contribution in [0.4, 0.5) is 0 Å². The quantitative estimate of drug-likeness (QED) is 0.727. The number of likely N-dealkylation sites (tertiary alicyclic amines) is 1. The first-order valence-electron chi connectivity index (χ1n) is 11.7. The van der Waals surface area contributed by atoms with E-state index in [4.69, 9.17) is 0 Å². The Balaban J connectivity index is 1.29. The summed E-state index contributed by atoms with van der Waals surface area (Å²) in [5.41, 5.74) is 3.37. The van der Waals surface area contributed by atoms with E-state index in [0.29, 0.717) is 19.5 Å². The maximum absolute atomic E-state index is 12.9. The normalized spacial score (nSPS) is 19.8. The lowest BCUT2D eigenvalue weighted by Gasteiger charge is -2.32. The average molecular weight is 435 g/mol. The van der Waals surface area contributed by atoms with Crippen LogP contribution in [0.5, 0.6) is 0 Å². The third kappa shape index (κ3) is 5.96. The molecular weight excluding hydrogens is 400 g/mol. The molecule has 0 bridgehead atoms. The second-order valence-electron chi connectivity index (χ2n) is 9.02. The summed E-state index contributed by atoms with van der Waals surface area (Å²) in [6.07, 6.45) is 1.95. The number of hydrogen-bond donors (Lipinski definition) is 1. The molecule has 1 N–H and O–H groups in total. The Kier molecular flexibility index (Phi) is 7.55. The van der Waals surface area contributed by atoms with Crippen molar-refractivity contribution < 1.29 is 9.59 Å². The molecule has 2 aliphatic heterocycles. The van der Waals surface area contributed by atoms with Gasteiger partial charge in [0.2, 0.25) is 11.8 Å². The fourth-order valence-corrected chi connectivity index (χ4v) is 4.62. The van der Waals surface area contributed by atoms with Gasteiger partial charge in [0.1, 0.15) is 6.04 Å². The van der Waals surface area contributed by atoms with E-state index in [1.54, 1.807) is 4.90 Å². The van der Waals surface area contributed by atoms with Gasteiger partial charge >= 0.3 is 0 Å². The van der Waals surface area contributed by atoms with Crippen molar-refractivity contribution in [3.8, 4) is 0 Å². The van der Waals surface area contributed by atoms with Crippen LogP contribution in [-0.4, -0.2) is 72.3 Å². The minimum absolute atomic E-state index is 0.0306. The van der Waals surface area contributed by atoms with Crippen molar-refractivity contribution in [1.82, 2.24) is 20.0 Å². The molecule has 170 valence electrons. The maximum Gasteiger partial charge on any atom is 0.243 e. The standard InChI is InChI=1S/C26H34N4O2/c1-28-13-15-29(16-14-28)20-23-10-5-9-22(17-23)19-27-26(32)24-11-6-12-30(24)25(31)18-21-7-3-2-4-8-21/h2-5,7-10,17,24H,6,11-16,18-20H2,1H3,(H,27,32). The summed E-state index contributed by atoms with van der Waals surface area (Å²) in [6, 6.07) is 17.8. The summed E-state index contributed by atoms with van der Waals surface area (Å²) >= 11 is 0. The van der Waals surface area contributed by atoms with Gasteiger partial charge in [-0.2, -0.15) is 0 Å². The maximum atomic E-state index is 12.9. The van der Waals surface area contributed by atoms with Crippen molar-refractivity contribution in [2.24, 2.45) is 0 Å². The molecule has 2 aromatic carbocycles. The second-order valence-corrected chi connectivity index (χ2v) is 9.02. The Bertz CT molecular complexity index is 909. The SMILES string of the molecule is CN1CCN(Cc2cccc(CNC(=O)C3CCCN3C(=O)Cc3ccccc3)c2)CC1. The number of piperazine rings is 1. The molecular formula is C26H34N4O2. The van der Waals surface area contributed by atoms with E-state index in [2.05, 4.69) is 46.4 Å². The predicted octanol–water partition coefficient (Wildman–Crippen LogP) is 2.28. The summed E-state index contributed by atoms with van der Waals surface area (Å²) in [4.78, 5) is 32.3. The molecule has 4 rings (SSSR count). The molecule has 0 aliphatic carbocycles. The molecule has 0 spiro atoms. The second kappa shape index (κ2) is 10.7. The van der Waals surface area contributed by atoms with Crippen molar-refractivity contribution in [3.05, 3.63) is 71.3 Å². The zero-order valence-corrected chi connectivity index (χ0v) is 19.0. The molecule has 2 saturated heterocycles. The van der Waals surface area contributed by atoms with E-state index in [0.717, 1.165) is 56.7 Å². The van der Waals surface area contributed by atoms with Gasteiger partial charge in [0.25, 0.3) is 0 Å². The Morgan fingerprint density at radius 1 is 0.906 bits per heavy atom. The van der Waals surface area contributed by atoms with Crippen molar-refractivity contribution in [2.75, 3.05) is 39.8 Å². The van der Waals surface area contributed by atoms with Crippen LogP contribution in [0.25, 0.3) is 0 Å². The number of carbonyl (C=O) groups excluding carboxylic acids is 2. The van der Waals surface area contributed by atoms with Gasteiger partial charge in [-0.1, -0.05) is 54.6 Å². The fraction of sp³-hybridized carbons (Fsp3) is 0.462. The molecule has 2 fully saturated rings. The number of benzene rings is 2. The van der Waals surface area contributed by atoms with Gasteiger partial charge in [0, 0.05) is 45.8 Å². The number of amides is 2. The van der Waals surface area contributed by atoms with E-state index >= 15 is 0 Å². The predicted molar refractivity (Wildman–Crippen MR) is 126 cm³/mol. The number of rotatable bonds is 7. The minimum atomic E-state index is -0.361. The van der Waals surface area contributed by atoms with Crippen LogP contribution in [0.2, 0.25) is 0 Å². The zero-order valence-electron chi connectivity index (χ0n) is 19.0. The van der Waals surface area contributed by atoms with Gasteiger partial charge in [0.05, 0.1) is 6.42 Å². The van der Waals surface area contributed by atoms with Gasteiger partial charge in [-0.05, 0) is 36.6 Å². The first-order valence-corrected chi connectivity index (χ1v) is 11.7. The third-order valence-electron chi connectivity index (χ3n) is 6.53. The average Bonchev–Trinajstić information content (AvgIpc) is 3.30. The fourth-order valence-electron chi connectivity index (χ4n) is 4.62. The number of nitrogens with zero attached hydrogens (tertiary/aromatic N) is 3. The van der Waals surface area contributed by atoms with E-state index in [9.17, 15) is 9.59 Å². The molecule has 2 amide bonds. The highest BCUT2D eigenvalue weighted by molar-refractivity contribution is 5.89. The molecule has 2 heterocycles. The summed E-state index contributed by atoms with van der Waals surface area (Å²) in [5, 5.41) is 3.07. The van der Waals surface area contributed by atoms with Crippen molar-refractivity contribution in [1.29, 1.82) is 0 Å². The lowest BCUT2D eigenvalue weighted by molar-refractivity contribution is -0.138. The number of nitrogens with one attached hydrogen (secondary N) is 1. The van der Waals surface area contributed by atoms with Crippen LogP contribution in [0.15, 0.2) is 54.6 Å². The molecule has 32 heavy (non-hydrogen) atoms. The van der Waals surface area contributed by atoms with Gasteiger partial charge in [-0.3, -0.25) is 14.5 Å². The first-order chi connectivity index (χ1) is 15.6. The van der Waals surface area contributed by atoms with Gasteiger partial charge in [0.15, 0.2) is 0 Å². The Morgan fingerprint density at radius 2 is 1.62 bits per heavy atom. The molecule has 1 unspecified atom stereocenters. The molecule has 0 saturated carbocycles. The highest BCUT2D eigenvalue weighted by Gasteiger charge is 2.33. The van der Waals surface area contributed by atoms with Crippen LogP contribution in [0.3, 0.4) is 0 Å². The zero-order chi connectivity index (χ0) is 22.3. The largest absolute Gasteiger partial charge is 0.350 e. The van der Waals surface area contributed by atoms with E-state index < -0.39 is 0 Å². The van der Waals surface area contributed by atoms with Crippen LogP contribution in [-0.2, 0) is 29.1 Å². The lowest BCUT2D eigenvalue weighted by Crippen LogP contribution is -2.46. The van der Waals surface area contributed by atoms with Crippen molar-refractivity contribution in [2.45, 2.75) is 38.4 Å². The molecule has 0 radical (unpaired) electrons. The summed E-state index contributed by atoms with van der Waals surface area (Å²) < 4.78 is 0. The van der Waals surface area contributed by atoms with E-state index in [1.807, 2.05) is 30.3 Å². The van der Waals surface area contributed by atoms with Crippen LogP contribution in [0.1, 0.15) is 29.5 Å². The molecule has 6 nitrogen and oxygen atoms in total. The summed E-state index contributed by atoms with van der Waals surface area (Å²) in [7, 11) is 2.17. The van der Waals surface area contributed by atoms with Gasteiger partial charge < -0.3 is 15.1 Å². The molecule has 2 aliphatic rings. The molecule has 0 aromatic heterocycles. The number of carbonyl (C=O) groups is 2. The van der Waals surface area contributed by atoms with Crippen molar-refractivity contribution in [3.63, 3.8) is 0 Å². The monoisotopic (exact) mass is 434 g/mol. The van der Waals surface area contributed by atoms with Crippen molar-refractivity contribution >= 4 is 11.8 Å². The molecule has 6 heteroatoms. The minimum Gasteiger partial charge on any atom is -0.350 e. The smallest absolute Gasteiger partial charge is 0.243 e. The van der Waals surface area contributed by atoms with Crippen LogP contribution in [0, 0.1) is 0 Å². The van der Waals surface area contributed by atoms with Crippen LogP contribution >= 0.6 is 0 Å². The van der Waals surface area contributed by atoms with E-state index in [1.165, 1.54) is 5.56 Å².